The van der Waals surface area contributed by atoms with E-state index in [4.69, 9.17) is 0 Å². The Bertz CT molecular complexity index is 900. The van der Waals surface area contributed by atoms with E-state index in [2.05, 4.69) is 47.2 Å². The van der Waals surface area contributed by atoms with E-state index >= 15 is 0 Å². The number of aryl methyl sites for hydroxylation is 2. The third-order valence-corrected chi connectivity index (χ3v) is 4.30. The predicted octanol–water partition coefficient (Wildman–Crippen LogP) is 4.61. The van der Waals surface area contributed by atoms with Gasteiger partial charge in [-0.3, -0.25) is 0 Å². The summed E-state index contributed by atoms with van der Waals surface area (Å²) in [6.07, 6.45) is 2.01. The zero-order chi connectivity index (χ0) is 18.5. The molecule has 2 amide bonds. The third kappa shape index (κ3) is 4.51. The summed E-state index contributed by atoms with van der Waals surface area (Å²) in [6.45, 7) is 5.36. The standard InChI is InChI=1S/C21H22FN3O/c1-15-5-6-16(2)17(12-15)14-25-11-3-4-20(25)13-23-21(26)24-19-9-7-18(22)8-10-19/h3-12H,13-14H2,1-2H3,(H2,23,24,26). The molecule has 0 saturated carbocycles. The summed E-state index contributed by atoms with van der Waals surface area (Å²) in [5, 5.41) is 5.53. The number of aromatic nitrogens is 1. The monoisotopic (exact) mass is 351 g/mol. The van der Waals surface area contributed by atoms with E-state index in [0.29, 0.717) is 12.2 Å². The Hall–Kier alpha value is -3.08. The van der Waals surface area contributed by atoms with Gasteiger partial charge in [0.1, 0.15) is 5.82 Å². The van der Waals surface area contributed by atoms with Gasteiger partial charge in [-0.1, -0.05) is 23.8 Å². The van der Waals surface area contributed by atoms with Gasteiger partial charge >= 0.3 is 6.03 Å². The van der Waals surface area contributed by atoms with Gasteiger partial charge in [0.2, 0.25) is 0 Å². The lowest BCUT2D eigenvalue weighted by Crippen LogP contribution is -2.29. The van der Waals surface area contributed by atoms with Gasteiger partial charge in [-0.25, -0.2) is 9.18 Å². The lowest BCUT2D eigenvalue weighted by Gasteiger charge is -2.13. The van der Waals surface area contributed by atoms with Crippen molar-refractivity contribution in [3.8, 4) is 0 Å². The van der Waals surface area contributed by atoms with Crippen LogP contribution in [-0.2, 0) is 13.1 Å². The molecule has 0 radical (unpaired) electrons. The minimum absolute atomic E-state index is 0.323. The zero-order valence-electron chi connectivity index (χ0n) is 14.9. The van der Waals surface area contributed by atoms with Crippen molar-refractivity contribution >= 4 is 11.7 Å². The number of carbonyl (C=O) groups is 1. The molecule has 134 valence electrons. The van der Waals surface area contributed by atoms with Crippen LogP contribution in [0.15, 0.2) is 60.8 Å². The lowest BCUT2D eigenvalue weighted by molar-refractivity contribution is 0.251. The molecule has 0 unspecified atom stereocenters. The smallest absolute Gasteiger partial charge is 0.319 e. The molecule has 0 atom stereocenters. The highest BCUT2D eigenvalue weighted by atomic mass is 19.1. The van der Waals surface area contributed by atoms with Crippen LogP contribution in [0.1, 0.15) is 22.4 Å². The second-order valence-electron chi connectivity index (χ2n) is 6.37. The number of halogens is 1. The number of rotatable bonds is 5. The molecule has 3 aromatic rings. The fourth-order valence-corrected chi connectivity index (χ4v) is 2.80. The van der Waals surface area contributed by atoms with Crippen molar-refractivity contribution in [1.82, 2.24) is 9.88 Å². The van der Waals surface area contributed by atoms with Crippen LogP contribution in [-0.4, -0.2) is 10.6 Å². The number of nitrogens with one attached hydrogen (secondary N) is 2. The van der Waals surface area contributed by atoms with Gasteiger partial charge in [-0.2, -0.15) is 0 Å². The normalized spacial score (nSPS) is 10.6. The first-order valence-electron chi connectivity index (χ1n) is 8.52. The highest BCUT2D eigenvalue weighted by molar-refractivity contribution is 5.89. The number of amides is 2. The zero-order valence-corrected chi connectivity index (χ0v) is 14.9. The molecule has 5 heteroatoms. The molecule has 0 bridgehead atoms. The molecule has 0 aliphatic carbocycles. The molecule has 0 fully saturated rings. The summed E-state index contributed by atoms with van der Waals surface area (Å²) >= 11 is 0. The molecule has 0 spiro atoms. The number of nitrogens with zero attached hydrogens (tertiary/aromatic N) is 1. The molecule has 0 saturated heterocycles. The van der Waals surface area contributed by atoms with Gasteiger partial charge in [-0.15, -0.1) is 0 Å². The summed E-state index contributed by atoms with van der Waals surface area (Å²) in [6, 6.07) is 15.7. The molecule has 2 N–H and O–H groups in total. The maximum absolute atomic E-state index is 12.9. The van der Waals surface area contributed by atoms with Crippen molar-refractivity contribution in [2.24, 2.45) is 0 Å². The molecule has 1 heterocycles. The van der Waals surface area contributed by atoms with Crippen LogP contribution < -0.4 is 10.6 Å². The van der Waals surface area contributed by atoms with E-state index in [1.54, 1.807) is 0 Å². The van der Waals surface area contributed by atoms with Gasteiger partial charge in [0, 0.05) is 24.1 Å². The quantitative estimate of drug-likeness (QED) is 0.692. The van der Waals surface area contributed by atoms with E-state index in [-0.39, 0.29) is 11.8 Å². The number of hydrogen-bond donors (Lipinski definition) is 2. The van der Waals surface area contributed by atoms with E-state index in [1.165, 1.54) is 41.0 Å². The molecule has 26 heavy (non-hydrogen) atoms. The van der Waals surface area contributed by atoms with Crippen molar-refractivity contribution < 1.29 is 9.18 Å². The van der Waals surface area contributed by atoms with Crippen molar-refractivity contribution in [1.29, 1.82) is 0 Å². The van der Waals surface area contributed by atoms with Crippen molar-refractivity contribution in [2.75, 3.05) is 5.32 Å². The van der Waals surface area contributed by atoms with Crippen LogP contribution in [0.4, 0.5) is 14.9 Å². The van der Waals surface area contributed by atoms with Crippen LogP contribution in [0, 0.1) is 19.7 Å². The maximum Gasteiger partial charge on any atom is 0.319 e. The number of hydrogen-bond acceptors (Lipinski definition) is 1. The Morgan fingerprint density at radius 3 is 2.62 bits per heavy atom. The SMILES string of the molecule is Cc1ccc(C)c(Cn2cccc2CNC(=O)Nc2ccc(F)cc2)c1. The second kappa shape index (κ2) is 7.87. The van der Waals surface area contributed by atoms with Crippen LogP contribution in [0.5, 0.6) is 0 Å². The molecular formula is C21H22FN3O. The largest absolute Gasteiger partial charge is 0.345 e. The van der Waals surface area contributed by atoms with E-state index in [1.807, 2.05) is 18.3 Å². The molecule has 3 rings (SSSR count). The highest BCUT2D eigenvalue weighted by Crippen LogP contribution is 2.14. The number of carbonyl (C=O) groups excluding carboxylic acids is 1. The number of anilines is 1. The summed E-state index contributed by atoms with van der Waals surface area (Å²) in [5.74, 6) is -0.333. The Labute approximate surface area is 152 Å². The third-order valence-electron chi connectivity index (χ3n) is 4.30. The molecule has 4 nitrogen and oxygen atoms in total. The van der Waals surface area contributed by atoms with Crippen molar-refractivity contribution in [3.63, 3.8) is 0 Å². The Kier molecular flexibility index (Phi) is 5.37. The van der Waals surface area contributed by atoms with Gasteiger partial charge in [0.25, 0.3) is 0 Å². The fourth-order valence-electron chi connectivity index (χ4n) is 2.80. The van der Waals surface area contributed by atoms with E-state index in [9.17, 15) is 9.18 Å². The molecule has 2 aromatic carbocycles. The first-order valence-corrected chi connectivity index (χ1v) is 8.52. The van der Waals surface area contributed by atoms with E-state index < -0.39 is 0 Å². The van der Waals surface area contributed by atoms with Crippen LogP contribution in [0.2, 0.25) is 0 Å². The van der Waals surface area contributed by atoms with Crippen LogP contribution >= 0.6 is 0 Å². The summed E-state index contributed by atoms with van der Waals surface area (Å²) in [7, 11) is 0. The van der Waals surface area contributed by atoms with Gasteiger partial charge in [-0.05, 0) is 61.4 Å². The van der Waals surface area contributed by atoms with Gasteiger partial charge < -0.3 is 15.2 Å². The molecular weight excluding hydrogens is 329 g/mol. The summed E-state index contributed by atoms with van der Waals surface area (Å²) in [4.78, 5) is 12.0. The summed E-state index contributed by atoms with van der Waals surface area (Å²) < 4.78 is 15.0. The first-order chi connectivity index (χ1) is 12.5. The maximum atomic E-state index is 12.9. The average molecular weight is 351 g/mol. The topological polar surface area (TPSA) is 46.1 Å². The fraction of sp³-hybridized carbons (Fsp3) is 0.190. The van der Waals surface area contributed by atoms with Crippen LogP contribution in [0.3, 0.4) is 0 Å². The average Bonchev–Trinajstić information content (AvgIpc) is 3.05. The van der Waals surface area contributed by atoms with Gasteiger partial charge in [0.05, 0.1) is 6.54 Å². The summed E-state index contributed by atoms with van der Waals surface area (Å²) in [5.41, 5.74) is 5.31. The minimum atomic E-state index is -0.333. The molecule has 1 aromatic heterocycles. The Balaban J connectivity index is 1.61. The van der Waals surface area contributed by atoms with E-state index in [0.717, 1.165) is 12.2 Å². The highest BCUT2D eigenvalue weighted by Gasteiger charge is 2.07. The van der Waals surface area contributed by atoms with Crippen molar-refractivity contribution in [2.45, 2.75) is 26.9 Å². The Morgan fingerprint density at radius 1 is 1.08 bits per heavy atom. The minimum Gasteiger partial charge on any atom is -0.345 e. The first kappa shape index (κ1) is 17.7. The number of urea groups is 1. The molecule has 0 aliphatic heterocycles. The Morgan fingerprint density at radius 2 is 1.85 bits per heavy atom. The lowest BCUT2D eigenvalue weighted by atomic mass is 10.1. The predicted molar refractivity (Wildman–Crippen MR) is 102 cm³/mol. The number of benzene rings is 2. The molecule has 0 aliphatic rings. The van der Waals surface area contributed by atoms with Crippen molar-refractivity contribution in [3.05, 3.63) is 89.0 Å². The second-order valence-corrected chi connectivity index (χ2v) is 6.37. The van der Waals surface area contributed by atoms with Crippen LogP contribution in [0.25, 0.3) is 0 Å². The van der Waals surface area contributed by atoms with Gasteiger partial charge in [0.15, 0.2) is 0 Å².